The maximum absolute atomic E-state index is 11.7. The zero-order valence-corrected chi connectivity index (χ0v) is 10.6. The van der Waals surface area contributed by atoms with Crippen LogP contribution in [0.2, 0.25) is 0 Å². The van der Waals surface area contributed by atoms with E-state index in [1.807, 2.05) is 0 Å². The second-order valence-corrected chi connectivity index (χ2v) is 4.48. The van der Waals surface area contributed by atoms with E-state index in [2.05, 4.69) is 0 Å². The van der Waals surface area contributed by atoms with Gasteiger partial charge >= 0.3 is 5.97 Å². The number of ether oxygens (including phenoxy) is 1. The molecule has 0 aromatic heterocycles. The van der Waals surface area contributed by atoms with E-state index >= 15 is 0 Å². The standard InChI is InChI=1S/C13H14N2O5/c14-12(17)9-3-1-2-4-10(9)20-7-11(16)15-5-8(6-15)13(18)19/h1-4,8H,5-7H2,(H2,14,17)(H,18,19). The third kappa shape index (κ3) is 2.87. The van der Waals surface area contributed by atoms with Crippen molar-refractivity contribution in [1.82, 2.24) is 4.90 Å². The van der Waals surface area contributed by atoms with Gasteiger partial charge < -0.3 is 20.5 Å². The molecule has 7 nitrogen and oxygen atoms in total. The van der Waals surface area contributed by atoms with Gasteiger partial charge in [0, 0.05) is 13.1 Å². The molecular formula is C13H14N2O5. The molecule has 1 fully saturated rings. The molecule has 0 aliphatic carbocycles. The highest BCUT2D eigenvalue weighted by Gasteiger charge is 2.35. The fourth-order valence-corrected chi connectivity index (χ4v) is 1.87. The van der Waals surface area contributed by atoms with Gasteiger partial charge in [0.1, 0.15) is 5.75 Å². The summed E-state index contributed by atoms with van der Waals surface area (Å²) in [5.74, 6) is -2.13. The van der Waals surface area contributed by atoms with Gasteiger partial charge in [0.15, 0.2) is 6.61 Å². The summed E-state index contributed by atoms with van der Waals surface area (Å²) in [5.41, 5.74) is 5.39. The number of aliphatic carboxylic acids is 1. The molecule has 20 heavy (non-hydrogen) atoms. The maximum Gasteiger partial charge on any atom is 0.310 e. The predicted molar refractivity (Wildman–Crippen MR) is 68.2 cm³/mol. The highest BCUT2D eigenvalue weighted by molar-refractivity contribution is 5.95. The van der Waals surface area contributed by atoms with Gasteiger partial charge in [-0.25, -0.2) is 0 Å². The average molecular weight is 278 g/mol. The first-order chi connectivity index (χ1) is 9.49. The summed E-state index contributed by atoms with van der Waals surface area (Å²) in [4.78, 5) is 34.9. The molecule has 0 atom stereocenters. The molecule has 2 rings (SSSR count). The third-order valence-corrected chi connectivity index (χ3v) is 3.09. The number of primary amides is 1. The van der Waals surface area contributed by atoms with E-state index in [0.717, 1.165) is 0 Å². The normalized spacial score (nSPS) is 14.5. The van der Waals surface area contributed by atoms with Crippen LogP contribution in [0.4, 0.5) is 0 Å². The fraction of sp³-hybridized carbons (Fsp3) is 0.308. The molecule has 0 radical (unpaired) electrons. The zero-order chi connectivity index (χ0) is 14.7. The molecule has 1 aromatic rings. The van der Waals surface area contributed by atoms with Gasteiger partial charge in [0.05, 0.1) is 11.5 Å². The lowest BCUT2D eigenvalue weighted by Gasteiger charge is -2.36. The van der Waals surface area contributed by atoms with Crippen LogP contribution in [0.3, 0.4) is 0 Å². The summed E-state index contributed by atoms with van der Waals surface area (Å²) in [6, 6.07) is 6.35. The zero-order valence-electron chi connectivity index (χ0n) is 10.6. The molecule has 1 saturated heterocycles. The summed E-state index contributed by atoms with van der Waals surface area (Å²) in [7, 11) is 0. The average Bonchev–Trinajstić information content (AvgIpc) is 2.34. The highest BCUT2D eigenvalue weighted by atomic mass is 16.5. The van der Waals surface area contributed by atoms with E-state index in [0.29, 0.717) is 0 Å². The second kappa shape index (κ2) is 5.60. The van der Waals surface area contributed by atoms with Crippen molar-refractivity contribution in [2.24, 2.45) is 11.7 Å². The second-order valence-electron chi connectivity index (χ2n) is 4.48. The third-order valence-electron chi connectivity index (χ3n) is 3.09. The molecular weight excluding hydrogens is 264 g/mol. The van der Waals surface area contributed by atoms with Crippen molar-refractivity contribution in [3.05, 3.63) is 29.8 Å². The summed E-state index contributed by atoms with van der Waals surface area (Å²) in [6.45, 7) is 0.126. The van der Waals surface area contributed by atoms with Gasteiger partial charge in [-0.1, -0.05) is 12.1 Å². The largest absolute Gasteiger partial charge is 0.483 e. The van der Waals surface area contributed by atoms with Crippen molar-refractivity contribution in [1.29, 1.82) is 0 Å². The van der Waals surface area contributed by atoms with E-state index in [1.165, 1.54) is 11.0 Å². The van der Waals surface area contributed by atoms with Crippen molar-refractivity contribution in [2.45, 2.75) is 0 Å². The Bertz CT molecular complexity index is 551. The molecule has 2 amide bonds. The molecule has 106 valence electrons. The van der Waals surface area contributed by atoms with Crippen molar-refractivity contribution in [3.63, 3.8) is 0 Å². The minimum atomic E-state index is -0.908. The van der Waals surface area contributed by atoms with Crippen LogP contribution in [0.5, 0.6) is 5.75 Å². The number of hydrogen-bond acceptors (Lipinski definition) is 4. The number of benzene rings is 1. The Morgan fingerprint density at radius 1 is 1.30 bits per heavy atom. The Morgan fingerprint density at radius 2 is 1.95 bits per heavy atom. The number of nitrogens with two attached hydrogens (primary N) is 1. The number of carboxylic acids is 1. The van der Waals surface area contributed by atoms with Crippen LogP contribution < -0.4 is 10.5 Å². The van der Waals surface area contributed by atoms with Gasteiger partial charge in [-0.3, -0.25) is 14.4 Å². The minimum absolute atomic E-state index is 0.189. The first-order valence-electron chi connectivity index (χ1n) is 6.01. The molecule has 7 heteroatoms. The van der Waals surface area contributed by atoms with Gasteiger partial charge in [0.2, 0.25) is 0 Å². The number of nitrogens with zero attached hydrogens (tertiary/aromatic N) is 1. The Labute approximate surface area is 114 Å². The van der Waals surface area contributed by atoms with Crippen LogP contribution in [-0.4, -0.2) is 47.5 Å². The minimum Gasteiger partial charge on any atom is -0.483 e. The first kappa shape index (κ1) is 13.9. The van der Waals surface area contributed by atoms with E-state index in [1.54, 1.807) is 18.2 Å². The maximum atomic E-state index is 11.7. The van der Waals surface area contributed by atoms with Gasteiger partial charge in [-0.2, -0.15) is 0 Å². The van der Waals surface area contributed by atoms with Crippen molar-refractivity contribution < 1.29 is 24.2 Å². The molecule has 0 bridgehead atoms. The van der Waals surface area contributed by atoms with E-state index < -0.39 is 17.8 Å². The molecule has 0 saturated carbocycles. The number of para-hydroxylation sites is 1. The number of amides is 2. The Morgan fingerprint density at radius 3 is 2.55 bits per heavy atom. The molecule has 1 aliphatic rings. The lowest BCUT2D eigenvalue weighted by molar-refractivity contribution is -0.153. The Balaban J connectivity index is 1.89. The molecule has 1 aromatic carbocycles. The fourth-order valence-electron chi connectivity index (χ4n) is 1.87. The topological polar surface area (TPSA) is 110 Å². The van der Waals surface area contributed by atoms with Crippen molar-refractivity contribution >= 4 is 17.8 Å². The van der Waals surface area contributed by atoms with E-state index in [-0.39, 0.29) is 36.9 Å². The smallest absolute Gasteiger partial charge is 0.310 e. The van der Waals surface area contributed by atoms with Crippen molar-refractivity contribution in [3.8, 4) is 5.75 Å². The van der Waals surface area contributed by atoms with Crippen LogP contribution in [0.25, 0.3) is 0 Å². The molecule has 1 aliphatic heterocycles. The monoisotopic (exact) mass is 278 g/mol. The Hall–Kier alpha value is -2.57. The van der Waals surface area contributed by atoms with Gasteiger partial charge in [-0.05, 0) is 12.1 Å². The first-order valence-corrected chi connectivity index (χ1v) is 6.01. The SMILES string of the molecule is NC(=O)c1ccccc1OCC(=O)N1CC(C(=O)O)C1. The summed E-state index contributed by atoms with van der Waals surface area (Å²) in [6.07, 6.45) is 0. The summed E-state index contributed by atoms with van der Waals surface area (Å²) >= 11 is 0. The van der Waals surface area contributed by atoms with Crippen LogP contribution in [0, 0.1) is 5.92 Å². The molecule has 1 heterocycles. The number of rotatable bonds is 5. The number of carbonyl (C=O) groups excluding carboxylic acids is 2. The summed E-state index contributed by atoms with van der Waals surface area (Å²) < 4.78 is 5.27. The number of carbonyl (C=O) groups is 3. The van der Waals surface area contributed by atoms with Crippen LogP contribution >= 0.6 is 0 Å². The Kier molecular flexibility index (Phi) is 3.88. The lowest BCUT2D eigenvalue weighted by atomic mass is 10.0. The number of hydrogen-bond donors (Lipinski definition) is 2. The quantitative estimate of drug-likeness (QED) is 0.768. The predicted octanol–water partition coefficient (Wildman–Crippen LogP) is -0.293. The van der Waals surface area contributed by atoms with Gasteiger partial charge in [-0.15, -0.1) is 0 Å². The lowest BCUT2D eigenvalue weighted by Crippen LogP contribution is -2.54. The van der Waals surface area contributed by atoms with Crippen molar-refractivity contribution in [2.75, 3.05) is 19.7 Å². The molecule has 3 N–H and O–H groups in total. The van der Waals surface area contributed by atoms with Crippen LogP contribution in [-0.2, 0) is 9.59 Å². The molecule has 0 unspecified atom stereocenters. The number of likely N-dealkylation sites (tertiary alicyclic amines) is 1. The summed E-state index contributed by atoms with van der Waals surface area (Å²) in [5, 5.41) is 8.72. The van der Waals surface area contributed by atoms with E-state index in [9.17, 15) is 14.4 Å². The van der Waals surface area contributed by atoms with Crippen LogP contribution in [0.15, 0.2) is 24.3 Å². The van der Waals surface area contributed by atoms with Crippen LogP contribution in [0.1, 0.15) is 10.4 Å². The van der Waals surface area contributed by atoms with Gasteiger partial charge in [0.25, 0.3) is 11.8 Å². The highest BCUT2D eigenvalue weighted by Crippen LogP contribution is 2.19. The molecule has 0 spiro atoms. The number of carboxylic acid groups (broad SMARTS) is 1. The van der Waals surface area contributed by atoms with E-state index in [4.69, 9.17) is 15.6 Å².